The van der Waals surface area contributed by atoms with Gasteiger partial charge >= 0.3 is 6.09 Å². The number of hydrazine groups is 1. The van der Waals surface area contributed by atoms with Crippen molar-refractivity contribution in [3.63, 3.8) is 0 Å². The summed E-state index contributed by atoms with van der Waals surface area (Å²) in [6.45, 7) is 9.97. The molecular formula is C25H37N7O4. The number of carbonyl (C=O) groups excluding carboxylic acids is 2. The van der Waals surface area contributed by atoms with Gasteiger partial charge in [0.25, 0.3) is 5.56 Å². The van der Waals surface area contributed by atoms with Gasteiger partial charge in [0.2, 0.25) is 11.7 Å². The van der Waals surface area contributed by atoms with Gasteiger partial charge in [0.1, 0.15) is 18.5 Å². The molecule has 2 amide bonds. The minimum atomic E-state index is -0.668. The molecule has 36 heavy (non-hydrogen) atoms. The zero-order valence-electron chi connectivity index (χ0n) is 21.6. The first-order valence-corrected chi connectivity index (χ1v) is 12.3. The number of nitrogens with zero attached hydrogens (tertiary/aromatic N) is 3. The number of nitrogen functional groups attached to an aromatic ring is 1. The van der Waals surface area contributed by atoms with Gasteiger partial charge in [-0.1, -0.05) is 33.3 Å². The summed E-state index contributed by atoms with van der Waals surface area (Å²) in [7, 11) is 0. The van der Waals surface area contributed by atoms with E-state index in [0.717, 1.165) is 30.5 Å². The number of aromatic nitrogens is 3. The quantitative estimate of drug-likeness (QED) is 0.404. The van der Waals surface area contributed by atoms with E-state index in [1.807, 2.05) is 6.92 Å². The summed E-state index contributed by atoms with van der Waals surface area (Å²) in [5, 5.41) is 2.78. The molecule has 1 fully saturated rings. The Balaban J connectivity index is 1.59. The van der Waals surface area contributed by atoms with Crippen molar-refractivity contribution in [3.05, 3.63) is 45.6 Å². The third-order valence-electron chi connectivity index (χ3n) is 6.75. The summed E-state index contributed by atoms with van der Waals surface area (Å²) in [6.07, 6.45) is 3.56. The number of rotatable bonds is 8. The number of anilines is 2. The van der Waals surface area contributed by atoms with Crippen LogP contribution in [0.4, 0.5) is 16.4 Å². The van der Waals surface area contributed by atoms with Crippen molar-refractivity contribution in [3.8, 4) is 0 Å². The summed E-state index contributed by atoms with van der Waals surface area (Å²) >= 11 is 0. The van der Waals surface area contributed by atoms with Crippen LogP contribution < -0.4 is 27.5 Å². The molecule has 0 unspecified atom stereocenters. The van der Waals surface area contributed by atoms with Gasteiger partial charge in [-0.05, 0) is 56.1 Å². The number of ether oxygens (including phenoxy) is 1. The fraction of sp³-hybridized carbons (Fsp3) is 0.560. The largest absolute Gasteiger partial charge is 0.445 e. The van der Waals surface area contributed by atoms with Crippen LogP contribution in [0.3, 0.4) is 0 Å². The molecule has 5 N–H and O–H groups in total. The van der Waals surface area contributed by atoms with Gasteiger partial charge in [-0.25, -0.2) is 20.2 Å². The number of nitrogens with two attached hydrogens (primary N) is 1. The summed E-state index contributed by atoms with van der Waals surface area (Å²) in [6, 6.07) is 3.46. The molecule has 1 aliphatic carbocycles. The lowest BCUT2D eigenvalue weighted by Gasteiger charge is -2.36. The maximum atomic E-state index is 12.9. The maximum Gasteiger partial charge on any atom is 0.426 e. The molecule has 2 heterocycles. The molecule has 0 aromatic carbocycles. The zero-order valence-corrected chi connectivity index (χ0v) is 21.6. The van der Waals surface area contributed by atoms with Gasteiger partial charge in [0.15, 0.2) is 0 Å². The van der Waals surface area contributed by atoms with Crippen molar-refractivity contribution in [2.75, 3.05) is 11.2 Å². The predicted molar refractivity (Wildman–Crippen MR) is 137 cm³/mol. The molecule has 2 aromatic heterocycles. The molecule has 1 aliphatic rings. The van der Waals surface area contributed by atoms with E-state index in [2.05, 4.69) is 46.9 Å². The van der Waals surface area contributed by atoms with Gasteiger partial charge < -0.3 is 15.8 Å². The Morgan fingerprint density at radius 1 is 1.25 bits per heavy atom. The molecule has 0 radical (unpaired) electrons. The van der Waals surface area contributed by atoms with Crippen LogP contribution in [0.5, 0.6) is 0 Å². The van der Waals surface area contributed by atoms with Crippen LogP contribution in [-0.4, -0.2) is 32.6 Å². The smallest absolute Gasteiger partial charge is 0.426 e. The molecule has 3 rings (SSSR count). The highest BCUT2D eigenvalue weighted by Gasteiger charge is 2.33. The third kappa shape index (κ3) is 6.96. The van der Waals surface area contributed by atoms with E-state index in [-0.39, 0.29) is 30.9 Å². The Kier molecular flexibility index (Phi) is 8.89. The first-order chi connectivity index (χ1) is 17.0. The second kappa shape index (κ2) is 11.9. The topological polar surface area (TPSA) is 153 Å². The molecule has 196 valence electrons. The lowest BCUT2D eigenvalue weighted by atomic mass is 9.75. The molecule has 3 atom stereocenters. The van der Waals surface area contributed by atoms with Crippen LogP contribution in [0.25, 0.3) is 0 Å². The van der Waals surface area contributed by atoms with Crippen LogP contribution in [0.1, 0.15) is 57.0 Å². The van der Waals surface area contributed by atoms with Gasteiger partial charge in [-0.15, -0.1) is 0 Å². The number of aryl methyl sites for hydroxylation is 2. The Morgan fingerprint density at radius 3 is 2.69 bits per heavy atom. The Morgan fingerprint density at radius 2 is 2.00 bits per heavy atom. The van der Waals surface area contributed by atoms with Crippen molar-refractivity contribution >= 4 is 23.6 Å². The molecule has 0 saturated heterocycles. The van der Waals surface area contributed by atoms with E-state index < -0.39 is 11.7 Å². The maximum absolute atomic E-state index is 12.9. The van der Waals surface area contributed by atoms with E-state index in [4.69, 9.17) is 10.5 Å². The second-order valence-electron chi connectivity index (χ2n) is 9.92. The van der Waals surface area contributed by atoms with Crippen molar-refractivity contribution in [2.45, 2.75) is 73.1 Å². The van der Waals surface area contributed by atoms with Gasteiger partial charge in [0.05, 0.1) is 0 Å². The SMILES string of the molecule is Cc1nc(N)ccc1CNC(=O)Cn1c(C)cnc(NNC(=O)O[C@@H]2C[C@H](C)CC[C@H]2C(C)C)c1=O. The first-order valence-electron chi connectivity index (χ1n) is 12.3. The third-order valence-corrected chi connectivity index (χ3v) is 6.75. The molecule has 2 aromatic rings. The number of carbonyl (C=O) groups is 2. The number of pyridine rings is 1. The lowest BCUT2D eigenvalue weighted by molar-refractivity contribution is -0.121. The minimum Gasteiger partial charge on any atom is -0.445 e. The number of nitrogens with one attached hydrogen (secondary N) is 3. The van der Waals surface area contributed by atoms with Crippen molar-refractivity contribution in [2.24, 2.45) is 17.8 Å². The standard InChI is InChI=1S/C25H37N7O4/c1-14(2)19-8-6-15(3)10-20(19)36-25(35)31-30-23-24(34)32(16(4)11-28-23)13-22(33)27-12-18-7-9-21(26)29-17(18)5/h7,9,11,14-15,19-20H,6,8,10,12-13H2,1-5H3,(H2,26,29)(H,27,33)(H,28,30)(H,31,35)/t15-,19+,20-/m1/s1. The van der Waals surface area contributed by atoms with E-state index in [1.165, 1.54) is 10.8 Å². The number of hydrogen-bond acceptors (Lipinski definition) is 8. The van der Waals surface area contributed by atoms with Crippen LogP contribution >= 0.6 is 0 Å². The van der Waals surface area contributed by atoms with Crippen LogP contribution in [0.2, 0.25) is 0 Å². The summed E-state index contributed by atoms with van der Waals surface area (Å²) in [5.74, 6) is 1.14. The average molecular weight is 500 g/mol. The first kappa shape index (κ1) is 27.0. The van der Waals surface area contributed by atoms with Crippen molar-refractivity contribution in [1.82, 2.24) is 25.3 Å². The van der Waals surface area contributed by atoms with Crippen LogP contribution in [0.15, 0.2) is 23.1 Å². The molecule has 11 nitrogen and oxygen atoms in total. The van der Waals surface area contributed by atoms with Gasteiger partial charge in [-0.3, -0.25) is 19.6 Å². The number of hydrogen-bond donors (Lipinski definition) is 4. The van der Waals surface area contributed by atoms with E-state index >= 15 is 0 Å². The van der Waals surface area contributed by atoms with Gasteiger partial charge in [-0.2, -0.15) is 0 Å². The van der Waals surface area contributed by atoms with E-state index in [0.29, 0.717) is 29.3 Å². The Hall–Kier alpha value is -3.63. The Labute approximate surface area is 211 Å². The molecular weight excluding hydrogens is 462 g/mol. The fourth-order valence-corrected chi connectivity index (χ4v) is 4.57. The van der Waals surface area contributed by atoms with E-state index in [9.17, 15) is 14.4 Å². The zero-order chi connectivity index (χ0) is 26.4. The van der Waals surface area contributed by atoms with Crippen LogP contribution in [-0.2, 0) is 22.6 Å². The summed E-state index contributed by atoms with van der Waals surface area (Å²) in [4.78, 5) is 46.2. The normalized spacial score (nSPS) is 19.6. The highest BCUT2D eigenvalue weighted by molar-refractivity contribution is 5.76. The molecule has 0 bridgehead atoms. The minimum absolute atomic E-state index is 0.110. The molecule has 1 saturated carbocycles. The highest BCUT2D eigenvalue weighted by Crippen LogP contribution is 2.35. The lowest BCUT2D eigenvalue weighted by Crippen LogP contribution is -2.42. The van der Waals surface area contributed by atoms with E-state index in [1.54, 1.807) is 19.1 Å². The van der Waals surface area contributed by atoms with Crippen molar-refractivity contribution < 1.29 is 14.3 Å². The van der Waals surface area contributed by atoms with Gasteiger partial charge in [0, 0.05) is 24.1 Å². The molecule has 0 spiro atoms. The number of amides is 2. The monoisotopic (exact) mass is 499 g/mol. The van der Waals surface area contributed by atoms with Crippen molar-refractivity contribution in [1.29, 1.82) is 0 Å². The predicted octanol–water partition coefficient (Wildman–Crippen LogP) is 2.67. The molecule has 11 heteroatoms. The highest BCUT2D eigenvalue weighted by atomic mass is 16.6. The molecule has 0 aliphatic heterocycles. The summed E-state index contributed by atoms with van der Waals surface area (Å²) in [5.41, 5.74) is 12.1. The summed E-state index contributed by atoms with van der Waals surface area (Å²) < 4.78 is 6.96. The second-order valence-corrected chi connectivity index (χ2v) is 9.92. The van der Waals surface area contributed by atoms with Crippen LogP contribution in [0, 0.1) is 31.6 Å². The fourth-order valence-electron chi connectivity index (χ4n) is 4.57. The Bertz CT molecular complexity index is 1150. The average Bonchev–Trinajstić information content (AvgIpc) is 2.80.